The molecular weight excluding hydrogens is 258 g/mol. The Hall–Kier alpha value is 1.74. The normalized spacial score (nSPS) is 42.0. The molecule has 0 aromatic carbocycles. The first-order valence-corrected chi connectivity index (χ1v) is 7.33. The van der Waals surface area contributed by atoms with E-state index >= 15 is 0 Å². The van der Waals surface area contributed by atoms with E-state index in [1.807, 2.05) is 0 Å². The summed E-state index contributed by atoms with van der Waals surface area (Å²) < 4.78 is 2.77. The Labute approximate surface area is 67.3 Å². The third-order valence-corrected chi connectivity index (χ3v) is 11.0. The molecule has 0 spiro atoms. The Bertz CT molecular complexity index is 60.0. The molecule has 0 saturated carbocycles. The molecule has 0 aromatic rings. The van der Waals surface area contributed by atoms with Crippen LogP contribution in [0.3, 0.4) is 0 Å². The zero-order valence-corrected chi connectivity index (χ0v) is 8.79. The summed E-state index contributed by atoms with van der Waals surface area (Å²) >= 11 is 10.3. The van der Waals surface area contributed by atoms with Gasteiger partial charge in [-0.3, -0.25) is 0 Å². The summed E-state index contributed by atoms with van der Waals surface area (Å²) in [5.74, 6) is 0. The number of hydrogen-bond donors (Lipinski definition) is 2. The van der Waals surface area contributed by atoms with Gasteiger partial charge in [0.15, 0.2) is 0 Å². The third-order valence-electron chi connectivity index (χ3n) is 0.722. The van der Waals surface area contributed by atoms with Crippen LogP contribution >= 0.6 is 25.3 Å². The Morgan fingerprint density at radius 3 is 1.71 bits per heavy atom. The predicted molar refractivity (Wildman–Crippen MR) is 41.9 cm³/mol. The summed E-state index contributed by atoms with van der Waals surface area (Å²) in [5.41, 5.74) is 0. The molecule has 1 aliphatic heterocycles. The van der Waals surface area contributed by atoms with Gasteiger partial charge in [0, 0.05) is 0 Å². The van der Waals surface area contributed by atoms with E-state index in [1.54, 1.807) is 0 Å². The minimum absolute atomic E-state index is 0.663. The van der Waals surface area contributed by atoms with Crippen molar-refractivity contribution in [2.24, 2.45) is 0 Å². The van der Waals surface area contributed by atoms with Crippen molar-refractivity contribution in [3.63, 3.8) is 0 Å². The quantitative estimate of drug-likeness (QED) is 0.456. The van der Waals surface area contributed by atoms with E-state index in [1.165, 1.54) is 4.22 Å². The number of rotatable bonds is 0. The standard InChI is InChI=1S/C3H6S2Se2/c4-2-3(5)7-1-6-2/h2-5H,1H2. The van der Waals surface area contributed by atoms with Crippen LogP contribution in [0.25, 0.3) is 0 Å². The van der Waals surface area contributed by atoms with Crippen molar-refractivity contribution < 1.29 is 0 Å². The Morgan fingerprint density at radius 1 is 1.14 bits per heavy atom. The second-order valence-electron chi connectivity index (χ2n) is 1.23. The van der Waals surface area contributed by atoms with Crippen LogP contribution in [-0.2, 0) is 0 Å². The van der Waals surface area contributed by atoms with Crippen molar-refractivity contribution in [3.8, 4) is 0 Å². The van der Waals surface area contributed by atoms with Gasteiger partial charge in [0.2, 0.25) is 0 Å². The Kier molecular flexibility index (Phi) is 2.98. The van der Waals surface area contributed by atoms with Gasteiger partial charge < -0.3 is 0 Å². The Balaban J connectivity index is 2.33. The van der Waals surface area contributed by atoms with Gasteiger partial charge >= 0.3 is 67.7 Å². The molecule has 0 nitrogen and oxygen atoms in total. The van der Waals surface area contributed by atoms with E-state index < -0.39 is 0 Å². The van der Waals surface area contributed by atoms with E-state index in [0.717, 1.165) is 29.9 Å². The molecule has 0 amide bonds. The minimum atomic E-state index is 0.663. The van der Waals surface area contributed by atoms with E-state index in [9.17, 15) is 0 Å². The molecule has 1 saturated heterocycles. The van der Waals surface area contributed by atoms with Crippen molar-refractivity contribution in [2.75, 3.05) is 0 Å². The van der Waals surface area contributed by atoms with E-state index in [-0.39, 0.29) is 0 Å². The van der Waals surface area contributed by atoms with Crippen molar-refractivity contribution in [3.05, 3.63) is 0 Å². The first kappa shape index (κ1) is 6.85. The summed E-state index contributed by atoms with van der Waals surface area (Å²) in [5, 5.41) is 0. The van der Waals surface area contributed by atoms with Crippen molar-refractivity contribution in [1.29, 1.82) is 0 Å². The number of hydrogen-bond acceptors (Lipinski definition) is 2. The average molecular weight is 264 g/mol. The summed E-state index contributed by atoms with van der Waals surface area (Å²) in [6.45, 7) is 0. The van der Waals surface area contributed by atoms with Crippen LogP contribution in [0.1, 0.15) is 0 Å². The summed E-state index contributed by atoms with van der Waals surface area (Å²) in [7, 11) is 0. The van der Waals surface area contributed by atoms with E-state index in [2.05, 4.69) is 25.3 Å². The fourth-order valence-electron chi connectivity index (χ4n) is 0.343. The maximum atomic E-state index is 4.35. The van der Waals surface area contributed by atoms with Gasteiger partial charge in [0.1, 0.15) is 0 Å². The van der Waals surface area contributed by atoms with E-state index in [4.69, 9.17) is 0 Å². The first-order chi connectivity index (χ1) is 3.30. The van der Waals surface area contributed by atoms with Crippen molar-refractivity contribution >= 4 is 55.2 Å². The molecular formula is C3H6S2Se2. The second-order valence-corrected chi connectivity index (χ2v) is 10.5. The van der Waals surface area contributed by atoms with Gasteiger partial charge in [-0.2, -0.15) is 0 Å². The van der Waals surface area contributed by atoms with Gasteiger partial charge in [-0.05, 0) is 0 Å². The van der Waals surface area contributed by atoms with Crippen LogP contribution in [0, 0.1) is 0 Å². The van der Waals surface area contributed by atoms with Crippen LogP contribution < -0.4 is 0 Å². The molecule has 1 heterocycles. The van der Waals surface area contributed by atoms with Gasteiger partial charge in [-0.1, -0.05) is 0 Å². The molecule has 2 unspecified atom stereocenters. The average Bonchev–Trinajstić information content (AvgIpc) is 1.91. The molecule has 4 heteroatoms. The van der Waals surface area contributed by atoms with Crippen LogP contribution in [0.15, 0.2) is 0 Å². The first-order valence-electron chi connectivity index (χ1n) is 1.90. The molecule has 0 aromatic heterocycles. The Morgan fingerprint density at radius 2 is 1.57 bits per heavy atom. The molecule has 0 N–H and O–H groups in total. The van der Waals surface area contributed by atoms with Gasteiger partial charge in [-0.15, -0.1) is 0 Å². The van der Waals surface area contributed by atoms with Crippen molar-refractivity contribution in [1.82, 2.24) is 0 Å². The van der Waals surface area contributed by atoms with Crippen LogP contribution in [0.2, 0.25) is 4.22 Å². The molecule has 1 rings (SSSR count). The van der Waals surface area contributed by atoms with Crippen LogP contribution in [-0.4, -0.2) is 38.2 Å². The fraction of sp³-hybridized carbons (Fsp3) is 1.00. The summed E-state index contributed by atoms with van der Waals surface area (Å²) in [6, 6.07) is 0. The molecule has 7 heavy (non-hydrogen) atoms. The van der Waals surface area contributed by atoms with Crippen LogP contribution in [0.4, 0.5) is 0 Å². The molecule has 0 bridgehead atoms. The number of thiol groups is 2. The molecule has 1 aliphatic rings. The summed E-state index contributed by atoms with van der Waals surface area (Å²) in [4.78, 5) is 0. The third kappa shape index (κ3) is 1.85. The second kappa shape index (κ2) is 3.05. The predicted octanol–water partition coefficient (Wildman–Crippen LogP) is 0.296. The SMILES string of the molecule is SC1[Se]C[Se]C1S. The summed E-state index contributed by atoms with van der Waals surface area (Å²) in [6.07, 6.45) is 0. The van der Waals surface area contributed by atoms with Crippen LogP contribution in [0.5, 0.6) is 0 Å². The van der Waals surface area contributed by atoms with Gasteiger partial charge in [-0.25, -0.2) is 0 Å². The van der Waals surface area contributed by atoms with E-state index in [0.29, 0.717) is 8.30 Å². The molecule has 42 valence electrons. The monoisotopic (exact) mass is 266 g/mol. The molecule has 0 aliphatic carbocycles. The maximum absolute atomic E-state index is 4.35. The molecule has 1 fully saturated rings. The van der Waals surface area contributed by atoms with Gasteiger partial charge in [0.05, 0.1) is 0 Å². The zero-order chi connectivity index (χ0) is 5.28. The molecule has 2 atom stereocenters. The topological polar surface area (TPSA) is 0 Å². The van der Waals surface area contributed by atoms with Crippen molar-refractivity contribution in [2.45, 2.75) is 12.5 Å². The van der Waals surface area contributed by atoms with Gasteiger partial charge in [0.25, 0.3) is 0 Å². The fourth-order valence-corrected chi connectivity index (χ4v) is 11.6. The zero-order valence-electron chi connectivity index (χ0n) is 3.57. The molecule has 0 radical (unpaired) electrons.